The lowest BCUT2D eigenvalue weighted by atomic mass is 10.1. The Kier molecular flexibility index (Phi) is 5.64. The minimum absolute atomic E-state index is 0.0421. The number of nitrogens with one attached hydrogen (secondary N) is 1. The Balaban J connectivity index is 2.60. The van der Waals surface area contributed by atoms with Gasteiger partial charge in [0.15, 0.2) is 9.84 Å². The van der Waals surface area contributed by atoms with Gasteiger partial charge in [0.1, 0.15) is 4.90 Å². The number of hydrogen-bond acceptors (Lipinski definition) is 5. The van der Waals surface area contributed by atoms with Gasteiger partial charge in [-0.3, -0.25) is 9.52 Å². The van der Waals surface area contributed by atoms with Gasteiger partial charge in [0.05, 0.1) is 16.1 Å². The van der Waals surface area contributed by atoms with Gasteiger partial charge in [-0.25, -0.2) is 16.8 Å². The van der Waals surface area contributed by atoms with Crippen molar-refractivity contribution >= 4 is 43.1 Å². The van der Waals surface area contributed by atoms with Crippen LogP contribution in [0.1, 0.15) is 10.4 Å². The SMILES string of the molecule is CN(C)C(=O)c1ccc(Cl)cc1NS(=O)(=O)c1ccccc1S(C)(=O)=O. The molecule has 0 saturated heterocycles. The van der Waals surface area contributed by atoms with Crippen LogP contribution >= 0.6 is 11.6 Å². The molecule has 2 aromatic rings. The number of sulfone groups is 1. The molecule has 1 N–H and O–H groups in total. The van der Waals surface area contributed by atoms with Crippen molar-refractivity contribution in [1.29, 1.82) is 0 Å². The Morgan fingerprint density at radius 1 is 1.00 bits per heavy atom. The number of carbonyl (C=O) groups is 1. The first kappa shape index (κ1) is 20.2. The normalized spacial score (nSPS) is 11.8. The Bertz CT molecular complexity index is 1060. The molecule has 0 heterocycles. The van der Waals surface area contributed by atoms with E-state index in [4.69, 9.17) is 11.6 Å². The Morgan fingerprint density at radius 3 is 2.12 bits per heavy atom. The molecule has 0 spiro atoms. The number of carbonyl (C=O) groups excluding carboxylic acids is 1. The molecule has 2 aromatic carbocycles. The second kappa shape index (κ2) is 7.26. The smallest absolute Gasteiger partial charge is 0.263 e. The van der Waals surface area contributed by atoms with Crippen molar-refractivity contribution in [3.8, 4) is 0 Å². The van der Waals surface area contributed by atoms with E-state index < -0.39 is 30.7 Å². The fourth-order valence-electron chi connectivity index (χ4n) is 2.21. The van der Waals surface area contributed by atoms with E-state index >= 15 is 0 Å². The first-order chi connectivity index (χ1) is 11.9. The third kappa shape index (κ3) is 4.35. The minimum atomic E-state index is -4.28. The van der Waals surface area contributed by atoms with E-state index in [0.717, 1.165) is 6.26 Å². The van der Waals surface area contributed by atoms with Crippen molar-refractivity contribution in [3.63, 3.8) is 0 Å². The van der Waals surface area contributed by atoms with Crippen LogP contribution in [0.4, 0.5) is 5.69 Å². The molecule has 10 heteroatoms. The van der Waals surface area contributed by atoms with E-state index in [2.05, 4.69) is 4.72 Å². The van der Waals surface area contributed by atoms with Crippen LogP contribution in [-0.2, 0) is 19.9 Å². The van der Waals surface area contributed by atoms with Gasteiger partial charge in [-0.1, -0.05) is 23.7 Å². The quantitative estimate of drug-likeness (QED) is 0.805. The van der Waals surface area contributed by atoms with E-state index in [1.54, 1.807) is 0 Å². The maximum Gasteiger partial charge on any atom is 0.263 e. The summed E-state index contributed by atoms with van der Waals surface area (Å²) in [5, 5.41) is 0.217. The van der Waals surface area contributed by atoms with Crippen LogP contribution in [0.15, 0.2) is 52.3 Å². The molecule has 0 aliphatic carbocycles. The summed E-state index contributed by atoms with van der Waals surface area (Å²) in [6.45, 7) is 0. The molecule has 0 radical (unpaired) electrons. The Hall–Kier alpha value is -2.10. The van der Waals surface area contributed by atoms with Crippen LogP contribution in [0.25, 0.3) is 0 Å². The highest BCUT2D eigenvalue weighted by Crippen LogP contribution is 2.27. The van der Waals surface area contributed by atoms with E-state index in [-0.39, 0.29) is 21.2 Å². The summed E-state index contributed by atoms with van der Waals surface area (Å²) >= 11 is 5.92. The average molecular weight is 417 g/mol. The van der Waals surface area contributed by atoms with Crippen LogP contribution in [0, 0.1) is 0 Å². The average Bonchev–Trinajstić information content (AvgIpc) is 2.53. The number of anilines is 1. The van der Waals surface area contributed by atoms with Crippen LogP contribution in [-0.4, -0.2) is 48.0 Å². The molecule has 0 saturated carbocycles. The highest BCUT2D eigenvalue weighted by molar-refractivity contribution is 7.95. The number of rotatable bonds is 5. The zero-order chi connectivity index (χ0) is 19.7. The summed E-state index contributed by atoms with van der Waals surface area (Å²) in [6.07, 6.45) is 0.918. The molecule has 0 bridgehead atoms. The van der Waals surface area contributed by atoms with Crippen molar-refractivity contribution in [1.82, 2.24) is 4.90 Å². The summed E-state index contributed by atoms with van der Waals surface area (Å²) in [5.74, 6) is -0.434. The third-order valence-electron chi connectivity index (χ3n) is 3.40. The molecule has 0 atom stereocenters. The maximum absolute atomic E-state index is 12.8. The fourth-order valence-corrected chi connectivity index (χ4v) is 5.08. The van der Waals surface area contributed by atoms with Crippen molar-refractivity contribution in [2.24, 2.45) is 0 Å². The first-order valence-electron chi connectivity index (χ1n) is 7.26. The van der Waals surface area contributed by atoms with Crippen LogP contribution in [0.2, 0.25) is 5.02 Å². The van der Waals surface area contributed by atoms with Gasteiger partial charge < -0.3 is 4.90 Å². The lowest BCUT2D eigenvalue weighted by Gasteiger charge is -2.17. The van der Waals surface area contributed by atoms with Crippen molar-refractivity contribution < 1.29 is 21.6 Å². The molecule has 1 amide bonds. The lowest BCUT2D eigenvalue weighted by Crippen LogP contribution is -2.24. The highest BCUT2D eigenvalue weighted by atomic mass is 35.5. The number of sulfonamides is 1. The van der Waals surface area contributed by atoms with Gasteiger partial charge in [0.25, 0.3) is 15.9 Å². The van der Waals surface area contributed by atoms with E-state index in [0.29, 0.717) is 0 Å². The summed E-state index contributed by atoms with van der Waals surface area (Å²) in [4.78, 5) is 12.8. The van der Waals surface area contributed by atoms with E-state index in [1.807, 2.05) is 0 Å². The molecule has 0 aromatic heterocycles. The summed E-state index contributed by atoms with van der Waals surface area (Å²) < 4.78 is 51.6. The molecular formula is C16H17ClN2O5S2. The lowest BCUT2D eigenvalue weighted by molar-refractivity contribution is 0.0828. The van der Waals surface area contributed by atoms with E-state index in [9.17, 15) is 21.6 Å². The number of benzene rings is 2. The van der Waals surface area contributed by atoms with Gasteiger partial charge in [-0.15, -0.1) is 0 Å². The number of halogens is 1. The summed E-state index contributed by atoms with van der Waals surface area (Å²) in [7, 11) is -5.02. The standard InChI is InChI=1S/C16H17ClN2O5S2/c1-19(2)16(20)12-9-8-11(17)10-13(12)18-26(23,24)15-7-5-4-6-14(15)25(3,21)22/h4-10,18H,1-3H3. The van der Waals surface area contributed by atoms with Gasteiger partial charge in [0.2, 0.25) is 0 Å². The fraction of sp³-hybridized carbons (Fsp3) is 0.188. The Labute approximate surface area is 157 Å². The predicted molar refractivity (Wildman–Crippen MR) is 99.8 cm³/mol. The molecule has 0 fully saturated rings. The zero-order valence-electron chi connectivity index (χ0n) is 14.2. The predicted octanol–water partition coefficient (Wildman–Crippen LogP) is 2.25. The number of hydrogen-bond donors (Lipinski definition) is 1. The molecule has 7 nitrogen and oxygen atoms in total. The van der Waals surface area contributed by atoms with Crippen LogP contribution in [0.3, 0.4) is 0 Å². The van der Waals surface area contributed by atoms with Crippen molar-refractivity contribution in [2.45, 2.75) is 9.79 Å². The third-order valence-corrected chi connectivity index (χ3v) is 6.34. The monoisotopic (exact) mass is 416 g/mol. The van der Waals surface area contributed by atoms with Crippen LogP contribution in [0.5, 0.6) is 0 Å². The molecular weight excluding hydrogens is 400 g/mol. The zero-order valence-corrected chi connectivity index (χ0v) is 16.6. The second-order valence-corrected chi connectivity index (χ2v) is 9.79. The van der Waals surface area contributed by atoms with Gasteiger partial charge in [0, 0.05) is 25.4 Å². The van der Waals surface area contributed by atoms with Crippen molar-refractivity contribution in [3.05, 3.63) is 53.1 Å². The number of nitrogens with zero attached hydrogens (tertiary/aromatic N) is 1. The van der Waals surface area contributed by atoms with Gasteiger partial charge in [-0.05, 0) is 30.3 Å². The van der Waals surface area contributed by atoms with Crippen LogP contribution < -0.4 is 4.72 Å². The highest BCUT2D eigenvalue weighted by Gasteiger charge is 2.25. The Morgan fingerprint density at radius 2 is 1.58 bits per heavy atom. The van der Waals surface area contributed by atoms with E-state index in [1.165, 1.54) is 61.5 Å². The molecule has 140 valence electrons. The molecule has 2 rings (SSSR count). The van der Waals surface area contributed by atoms with Gasteiger partial charge >= 0.3 is 0 Å². The summed E-state index contributed by atoms with van der Waals surface area (Å²) in [6, 6.07) is 9.36. The second-order valence-electron chi connectivity index (χ2n) is 5.71. The van der Waals surface area contributed by atoms with Crippen molar-refractivity contribution in [2.75, 3.05) is 25.1 Å². The number of amides is 1. The first-order valence-corrected chi connectivity index (χ1v) is 11.0. The molecule has 0 aliphatic heterocycles. The topological polar surface area (TPSA) is 101 Å². The molecule has 26 heavy (non-hydrogen) atoms. The summed E-state index contributed by atoms with van der Waals surface area (Å²) in [5.41, 5.74) is 0.0410. The maximum atomic E-state index is 12.8. The minimum Gasteiger partial charge on any atom is -0.345 e. The largest absolute Gasteiger partial charge is 0.345 e. The molecule has 0 unspecified atom stereocenters. The van der Waals surface area contributed by atoms with Gasteiger partial charge in [-0.2, -0.15) is 0 Å². The molecule has 0 aliphatic rings.